The second-order valence-corrected chi connectivity index (χ2v) is 5.30. The number of aromatic nitrogens is 2. The molecule has 0 saturated carbocycles. The zero-order valence-corrected chi connectivity index (χ0v) is 14.4. The number of carbonyl (C=O) groups is 1. The lowest BCUT2D eigenvalue weighted by molar-refractivity contribution is 0.0602. The number of ether oxygens (including phenoxy) is 2. The lowest BCUT2D eigenvalue weighted by atomic mass is 10.2. The number of nitrogens with zero attached hydrogens (tertiary/aromatic N) is 2. The standard InChI is InChI=1S/C19H18N4O3/c1-25-14-9-7-13(8-10-14)22-17-11-18(21-12-20-17)23-16-6-4-3-5-15(16)19(24)26-2/h3-12H,1-2H3,(H2,20,21,22,23). The molecule has 2 N–H and O–H groups in total. The van der Waals surface area contributed by atoms with Crippen LogP contribution in [0.4, 0.5) is 23.0 Å². The summed E-state index contributed by atoms with van der Waals surface area (Å²) in [6, 6.07) is 16.3. The summed E-state index contributed by atoms with van der Waals surface area (Å²) in [6.07, 6.45) is 1.44. The zero-order valence-electron chi connectivity index (χ0n) is 14.4. The minimum absolute atomic E-state index is 0.418. The van der Waals surface area contributed by atoms with E-state index < -0.39 is 5.97 Å². The van der Waals surface area contributed by atoms with Crippen molar-refractivity contribution in [3.05, 3.63) is 66.5 Å². The number of hydrogen-bond donors (Lipinski definition) is 2. The fourth-order valence-electron chi connectivity index (χ4n) is 2.33. The molecule has 0 saturated heterocycles. The minimum atomic E-state index is -0.418. The van der Waals surface area contributed by atoms with Crippen LogP contribution in [-0.4, -0.2) is 30.2 Å². The lowest BCUT2D eigenvalue weighted by Crippen LogP contribution is -2.06. The van der Waals surface area contributed by atoms with E-state index in [9.17, 15) is 4.79 Å². The Labute approximate surface area is 151 Å². The first-order chi connectivity index (χ1) is 12.7. The third-order valence-corrected chi connectivity index (χ3v) is 3.62. The Balaban J connectivity index is 1.78. The van der Waals surface area contributed by atoms with Crippen molar-refractivity contribution in [3.63, 3.8) is 0 Å². The van der Waals surface area contributed by atoms with Crippen molar-refractivity contribution in [2.45, 2.75) is 0 Å². The summed E-state index contributed by atoms with van der Waals surface area (Å²) < 4.78 is 9.95. The second kappa shape index (κ2) is 7.98. The molecule has 26 heavy (non-hydrogen) atoms. The Morgan fingerprint density at radius 2 is 1.62 bits per heavy atom. The van der Waals surface area contributed by atoms with Crippen LogP contribution in [0.5, 0.6) is 5.75 Å². The molecule has 0 aliphatic heterocycles. The van der Waals surface area contributed by atoms with Gasteiger partial charge < -0.3 is 20.1 Å². The summed E-state index contributed by atoms with van der Waals surface area (Å²) in [5.74, 6) is 1.52. The fourth-order valence-corrected chi connectivity index (χ4v) is 2.33. The van der Waals surface area contributed by atoms with E-state index in [2.05, 4.69) is 20.6 Å². The van der Waals surface area contributed by atoms with Gasteiger partial charge in [-0.15, -0.1) is 0 Å². The molecule has 0 spiro atoms. The molecule has 0 aliphatic carbocycles. The van der Waals surface area contributed by atoms with Crippen LogP contribution in [0.15, 0.2) is 60.9 Å². The number of para-hydroxylation sites is 1. The summed E-state index contributed by atoms with van der Waals surface area (Å²) in [5, 5.41) is 6.31. The van der Waals surface area contributed by atoms with Gasteiger partial charge in [0.25, 0.3) is 0 Å². The van der Waals surface area contributed by atoms with Crippen molar-refractivity contribution in [2.75, 3.05) is 24.9 Å². The Morgan fingerprint density at radius 1 is 0.923 bits per heavy atom. The number of nitrogens with one attached hydrogen (secondary N) is 2. The summed E-state index contributed by atoms with van der Waals surface area (Å²) in [5.41, 5.74) is 1.90. The third-order valence-electron chi connectivity index (χ3n) is 3.62. The average Bonchev–Trinajstić information content (AvgIpc) is 2.69. The van der Waals surface area contributed by atoms with Crippen LogP contribution < -0.4 is 15.4 Å². The molecule has 0 radical (unpaired) electrons. The predicted molar refractivity (Wildman–Crippen MR) is 99.4 cm³/mol. The van der Waals surface area contributed by atoms with Crippen molar-refractivity contribution in [1.82, 2.24) is 9.97 Å². The lowest BCUT2D eigenvalue weighted by Gasteiger charge is -2.11. The molecule has 0 unspecified atom stereocenters. The first-order valence-electron chi connectivity index (χ1n) is 7.87. The smallest absolute Gasteiger partial charge is 0.339 e. The molecule has 1 aromatic heterocycles. The largest absolute Gasteiger partial charge is 0.497 e. The number of carbonyl (C=O) groups excluding carboxylic acids is 1. The first-order valence-corrected chi connectivity index (χ1v) is 7.87. The molecule has 2 aromatic carbocycles. The molecule has 3 aromatic rings. The molecule has 3 rings (SSSR count). The minimum Gasteiger partial charge on any atom is -0.497 e. The Morgan fingerprint density at radius 3 is 2.31 bits per heavy atom. The third kappa shape index (κ3) is 4.07. The normalized spacial score (nSPS) is 10.1. The quantitative estimate of drug-likeness (QED) is 0.655. The van der Waals surface area contributed by atoms with Crippen LogP contribution in [0.1, 0.15) is 10.4 Å². The van der Waals surface area contributed by atoms with E-state index in [-0.39, 0.29) is 0 Å². The van der Waals surface area contributed by atoms with Crippen molar-refractivity contribution in [3.8, 4) is 5.75 Å². The zero-order chi connectivity index (χ0) is 18.4. The molecule has 0 atom stereocenters. The van der Waals surface area contributed by atoms with E-state index in [1.165, 1.54) is 13.4 Å². The van der Waals surface area contributed by atoms with Gasteiger partial charge in [-0.2, -0.15) is 0 Å². The van der Waals surface area contributed by atoms with Crippen molar-refractivity contribution in [2.24, 2.45) is 0 Å². The van der Waals surface area contributed by atoms with Gasteiger partial charge in [0, 0.05) is 11.8 Å². The molecule has 7 heteroatoms. The van der Waals surface area contributed by atoms with E-state index in [0.29, 0.717) is 22.9 Å². The molecule has 7 nitrogen and oxygen atoms in total. The second-order valence-electron chi connectivity index (χ2n) is 5.30. The first kappa shape index (κ1) is 17.2. The van der Waals surface area contributed by atoms with Crippen LogP contribution >= 0.6 is 0 Å². The molecule has 0 bridgehead atoms. The molecular formula is C19H18N4O3. The van der Waals surface area contributed by atoms with Gasteiger partial charge in [-0.05, 0) is 36.4 Å². The highest BCUT2D eigenvalue weighted by atomic mass is 16.5. The van der Waals surface area contributed by atoms with Gasteiger partial charge in [-0.1, -0.05) is 12.1 Å². The van der Waals surface area contributed by atoms with Gasteiger partial charge in [0.1, 0.15) is 23.7 Å². The van der Waals surface area contributed by atoms with Crippen molar-refractivity contribution < 1.29 is 14.3 Å². The van der Waals surface area contributed by atoms with E-state index in [1.54, 1.807) is 31.4 Å². The number of esters is 1. The topological polar surface area (TPSA) is 85.4 Å². The fraction of sp³-hybridized carbons (Fsp3) is 0.105. The van der Waals surface area contributed by atoms with Crippen LogP contribution in [0, 0.1) is 0 Å². The number of methoxy groups -OCH3 is 2. The molecule has 0 fully saturated rings. The summed E-state index contributed by atoms with van der Waals surface area (Å²) in [6.45, 7) is 0. The van der Waals surface area contributed by atoms with Gasteiger partial charge in [0.15, 0.2) is 0 Å². The van der Waals surface area contributed by atoms with Gasteiger partial charge in [-0.3, -0.25) is 0 Å². The molecule has 1 heterocycles. The summed E-state index contributed by atoms with van der Waals surface area (Å²) >= 11 is 0. The average molecular weight is 350 g/mol. The van der Waals surface area contributed by atoms with Crippen LogP contribution in [0.3, 0.4) is 0 Å². The monoisotopic (exact) mass is 350 g/mol. The molecule has 0 amide bonds. The number of benzene rings is 2. The number of hydrogen-bond acceptors (Lipinski definition) is 7. The Kier molecular flexibility index (Phi) is 5.28. The number of anilines is 4. The SMILES string of the molecule is COC(=O)c1ccccc1Nc1cc(Nc2ccc(OC)cc2)ncn1. The summed E-state index contributed by atoms with van der Waals surface area (Å²) in [7, 11) is 2.97. The van der Waals surface area contributed by atoms with E-state index in [0.717, 1.165) is 11.4 Å². The van der Waals surface area contributed by atoms with E-state index in [1.807, 2.05) is 30.3 Å². The maximum absolute atomic E-state index is 11.9. The van der Waals surface area contributed by atoms with Gasteiger partial charge in [0.05, 0.1) is 25.5 Å². The van der Waals surface area contributed by atoms with Crippen LogP contribution in [0.25, 0.3) is 0 Å². The van der Waals surface area contributed by atoms with Gasteiger partial charge >= 0.3 is 5.97 Å². The van der Waals surface area contributed by atoms with Gasteiger partial charge in [0.2, 0.25) is 0 Å². The number of rotatable bonds is 6. The Bertz CT molecular complexity index is 897. The Hall–Kier alpha value is -3.61. The highest BCUT2D eigenvalue weighted by molar-refractivity contribution is 5.96. The molecule has 0 aliphatic rings. The van der Waals surface area contributed by atoms with Crippen molar-refractivity contribution in [1.29, 1.82) is 0 Å². The highest BCUT2D eigenvalue weighted by Gasteiger charge is 2.11. The van der Waals surface area contributed by atoms with Crippen LogP contribution in [0.2, 0.25) is 0 Å². The van der Waals surface area contributed by atoms with E-state index >= 15 is 0 Å². The van der Waals surface area contributed by atoms with E-state index in [4.69, 9.17) is 9.47 Å². The predicted octanol–water partition coefficient (Wildman–Crippen LogP) is 3.76. The van der Waals surface area contributed by atoms with Crippen molar-refractivity contribution >= 4 is 29.0 Å². The highest BCUT2D eigenvalue weighted by Crippen LogP contribution is 2.23. The maximum Gasteiger partial charge on any atom is 0.339 e. The van der Waals surface area contributed by atoms with Crippen LogP contribution in [-0.2, 0) is 4.74 Å². The van der Waals surface area contributed by atoms with Gasteiger partial charge in [-0.25, -0.2) is 14.8 Å². The molecular weight excluding hydrogens is 332 g/mol. The summed E-state index contributed by atoms with van der Waals surface area (Å²) in [4.78, 5) is 20.3. The molecule has 132 valence electrons. The maximum atomic E-state index is 11.9.